The Morgan fingerprint density at radius 2 is 2.00 bits per heavy atom. The molecule has 1 saturated heterocycles. The van der Waals surface area contributed by atoms with Crippen molar-refractivity contribution in [1.29, 1.82) is 0 Å². The number of hydrogen-bond acceptors (Lipinski definition) is 4. The lowest BCUT2D eigenvalue weighted by Crippen LogP contribution is -2.49. The average molecular weight is 287 g/mol. The lowest BCUT2D eigenvalue weighted by atomic mass is 10.2. The molecule has 0 aliphatic carbocycles. The van der Waals surface area contributed by atoms with E-state index < -0.39 is 0 Å². The third-order valence-corrected chi connectivity index (χ3v) is 3.23. The Labute approximate surface area is 121 Å². The summed E-state index contributed by atoms with van der Waals surface area (Å²) in [4.78, 5) is 2.43. The van der Waals surface area contributed by atoms with Crippen molar-refractivity contribution < 1.29 is 9.47 Å². The first-order chi connectivity index (χ1) is 8.81. The number of hydrogen-bond donors (Lipinski definition) is 1. The van der Waals surface area contributed by atoms with Gasteiger partial charge >= 0.3 is 0 Å². The molecule has 1 aromatic carbocycles. The molecule has 1 N–H and O–H groups in total. The van der Waals surface area contributed by atoms with E-state index in [1.807, 2.05) is 12.1 Å². The molecule has 0 radical (unpaired) electrons. The summed E-state index contributed by atoms with van der Waals surface area (Å²) in [5, 5.41) is 3.40. The molecular weight excluding hydrogens is 264 g/mol. The number of nitrogens with one attached hydrogen (secondary N) is 1. The van der Waals surface area contributed by atoms with Crippen molar-refractivity contribution in [3.63, 3.8) is 0 Å². The number of piperazine rings is 1. The van der Waals surface area contributed by atoms with Gasteiger partial charge in [0, 0.05) is 38.5 Å². The molecule has 0 spiro atoms. The van der Waals surface area contributed by atoms with Crippen LogP contribution in [0.4, 0.5) is 5.69 Å². The highest BCUT2D eigenvalue weighted by molar-refractivity contribution is 5.85. The van der Waals surface area contributed by atoms with Crippen LogP contribution in [0.15, 0.2) is 24.3 Å². The Balaban J connectivity index is 0.00000180. The Hall–Kier alpha value is -0.970. The summed E-state index contributed by atoms with van der Waals surface area (Å²) in [6.45, 7) is 6.62. The third kappa shape index (κ3) is 4.56. The Kier molecular flexibility index (Phi) is 6.99. The summed E-state index contributed by atoms with van der Waals surface area (Å²) < 4.78 is 10.5. The summed E-state index contributed by atoms with van der Waals surface area (Å²) in [6, 6.07) is 8.85. The standard InChI is InChI=1S/C14H22N2O2.ClH/c1-12-11-15-7-8-16(12)13-3-5-14(6-4-13)18-10-9-17-2;/h3-6,12,15H,7-11H2,1-2H3;1H/t12-;/m0./s1. The van der Waals surface area contributed by atoms with Gasteiger partial charge in [0.05, 0.1) is 6.61 Å². The summed E-state index contributed by atoms with van der Waals surface area (Å²) in [5.41, 5.74) is 1.27. The second-order valence-corrected chi connectivity index (χ2v) is 4.58. The van der Waals surface area contributed by atoms with Gasteiger partial charge in [0.25, 0.3) is 0 Å². The van der Waals surface area contributed by atoms with E-state index in [1.54, 1.807) is 7.11 Å². The van der Waals surface area contributed by atoms with Gasteiger partial charge in [-0.15, -0.1) is 12.4 Å². The van der Waals surface area contributed by atoms with Crippen LogP contribution in [-0.4, -0.2) is 46.0 Å². The highest BCUT2D eigenvalue weighted by atomic mass is 35.5. The first kappa shape index (κ1) is 16.1. The van der Waals surface area contributed by atoms with Crippen LogP contribution in [0.3, 0.4) is 0 Å². The second-order valence-electron chi connectivity index (χ2n) is 4.58. The van der Waals surface area contributed by atoms with E-state index in [2.05, 4.69) is 29.3 Å². The number of benzene rings is 1. The molecule has 2 rings (SSSR count). The van der Waals surface area contributed by atoms with E-state index in [0.29, 0.717) is 19.3 Å². The minimum atomic E-state index is 0. The number of halogens is 1. The minimum Gasteiger partial charge on any atom is -0.491 e. The maximum absolute atomic E-state index is 5.56. The molecule has 1 aliphatic heterocycles. The Bertz CT molecular complexity index is 359. The highest BCUT2D eigenvalue weighted by Crippen LogP contribution is 2.21. The van der Waals surface area contributed by atoms with Crippen LogP contribution in [0.2, 0.25) is 0 Å². The highest BCUT2D eigenvalue weighted by Gasteiger charge is 2.17. The van der Waals surface area contributed by atoms with Gasteiger partial charge in [-0.2, -0.15) is 0 Å². The predicted octanol–water partition coefficient (Wildman–Crippen LogP) is 1.93. The fourth-order valence-electron chi connectivity index (χ4n) is 2.20. The summed E-state index contributed by atoms with van der Waals surface area (Å²) in [6.07, 6.45) is 0. The normalized spacial score (nSPS) is 18.8. The molecule has 108 valence electrons. The smallest absolute Gasteiger partial charge is 0.119 e. The van der Waals surface area contributed by atoms with Crippen LogP contribution < -0.4 is 15.0 Å². The van der Waals surface area contributed by atoms with Crippen LogP contribution in [0.1, 0.15) is 6.92 Å². The number of nitrogens with zero attached hydrogens (tertiary/aromatic N) is 1. The first-order valence-corrected chi connectivity index (χ1v) is 6.50. The maximum Gasteiger partial charge on any atom is 0.119 e. The van der Waals surface area contributed by atoms with Crippen molar-refractivity contribution in [3.8, 4) is 5.75 Å². The number of anilines is 1. The number of ether oxygens (including phenoxy) is 2. The first-order valence-electron chi connectivity index (χ1n) is 6.50. The predicted molar refractivity (Wildman–Crippen MR) is 80.7 cm³/mol. The molecular formula is C14H23ClN2O2. The van der Waals surface area contributed by atoms with E-state index in [0.717, 1.165) is 25.4 Å². The van der Waals surface area contributed by atoms with Crippen LogP contribution in [0.5, 0.6) is 5.75 Å². The quantitative estimate of drug-likeness (QED) is 0.839. The Morgan fingerprint density at radius 1 is 1.26 bits per heavy atom. The average Bonchev–Trinajstić information content (AvgIpc) is 2.41. The van der Waals surface area contributed by atoms with Crippen LogP contribution in [0.25, 0.3) is 0 Å². The van der Waals surface area contributed by atoms with E-state index in [9.17, 15) is 0 Å². The minimum absolute atomic E-state index is 0. The molecule has 0 aromatic heterocycles. The summed E-state index contributed by atoms with van der Waals surface area (Å²) in [7, 11) is 1.68. The SMILES string of the molecule is COCCOc1ccc(N2CCNC[C@@H]2C)cc1.Cl. The molecule has 19 heavy (non-hydrogen) atoms. The zero-order valence-electron chi connectivity index (χ0n) is 11.6. The van der Waals surface area contributed by atoms with Crippen molar-refractivity contribution in [2.24, 2.45) is 0 Å². The molecule has 1 aliphatic rings. The van der Waals surface area contributed by atoms with Crippen LogP contribution in [0, 0.1) is 0 Å². The van der Waals surface area contributed by atoms with Gasteiger partial charge in [-0.25, -0.2) is 0 Å². The largest absolute Gasteiger partial charge is 0.491 e. The molecule has 1 heterocycles. The topological polar surface area (TPSA) is 33.7 Å². The van der Waals surface area contributed by atoms with Crippen LogP contribution in [-0.2, 0) is 4.74 Å². The van der Waals surface area contributed by atoms with Crippen molar-refractivity contribution in [1.82, 2.24) is 5.32 Å². The summed E-state index contributed by atoms with van der Waals surface area (Å²) >= 11 is 0. The van der Waals surface area contributed by atoms with Crippen molar-refractivity contribution >= 4 is 18.1 Å². The van der Waals surface area contributed by atoms with Gasteiger partial charge in [-0.05, 0) is 31.2 Å². The molecule has 5 heteroatoms. The molecule has 1 aromatic rings. The van der Waals surface area contributed by atoms with Crippen molar-refractivity contribution in [3.05, 3.63) is 24.3 Å². The molecule has 0 saturated carbocycles. The van der Waals surface area contributed by atoms with E-state index in [4.69, 9.17) is 9.47 Å². The zero-order chi connectivity index (χ0) is 12.8. The molecule has 4 nitrogen and oxygen atoms in total. The van der Waals surface area contributed by atoms with E-state index in [-0.39, 0.29) is 12.4 Å². The number of methoxy groups -OCH3 is 1. The Morgan fingerprint density at radius 3 is 2.63 bits per heavy atom. The van der Waals surface area contributed by atoms with Crippen LogP contribution >= 0.6 is 12.4 Å². The fraction of sp³-hybridized carbons (Fsp3) is 0.571. The lowest BCUT2D eigenvalue weighted by Gasteiger charge is -2.35. The fourth-order valence-corrected chi connectivity index (χ4v) is 2.20. The summed E-state index contributed by atoms with van der Waals surface area (Å²) in [5.74, 6) is 0.901. The monoisotopic (exact) mass is 286 g/mol. The number of rotatable bonds is 5. The van der Waals surface area contributed by atoms with E-state index >= 15 is 0 Å². The van der Waals surface area contributed by atoms with Gasteiger partial charge in [-0.1, -0.05) is 0 Å². The van der Waals surface area contributed by atoms with E-state index in [1.165, 1.54) is 5.69 Å². The van der Waals surface area contributed by atoms with Crippen molar-refractivity contribution in [2.75, 3.05) is 44.9 Å². The van der Waals surface area contributed by atoms with Crippen molar-refractivity contribution in [2.45, 2.75) is 13.0 Å². The van der Waals surface area contributed by atoms with Gasteiger partial charge in [0.15, 0.2) is 0 Å². The maximum atomic E-state index is 5.56. The van der Waals surface area contributed by atoms with Gasteiger partial charge in [-0.3, -0.25) is 0 Å². The zero-order valence-corrected chi connectivity index (χ0v) is 12.4. The van der Waals surface area contributed by atoms with Gasteiger partial charge in [0.1, 0.15) is 12.4 Å². The molecule has 1 atom stereocenters. The molecule has 0 bridgehead atoms. The van der Waals surface area contributed by atoms with Gasteiger partial charge < -0.3 is 19.7 Å². The van der Waals surface area contributed by atoms with Gasteiger partial charge in [0.2, 0.25) is 0 Å². The molecule has 0 amide bonds. The molecule has 1 fully saturated rings. The molecule has 0 unspecified atom stereocenters. The lowest BCUT2D eigenvalue weighted by molar-refractivity contribution is 0.146. The second kappa shape index (κ2) is 8.25. The third-order valence-electron chi connectivity index (χ3n) is 3.23.